The number of nitrogens with zero attached hydrogens (tertiary/aromatic N) is 4. The summed E-state index contributed by atoms with van der Waals surface area (Å²) < 4.78 is 5.37. The fraction of sp³-hybridized carbons (Fsp3) is 0.348. The Bertz CT molecular complexity index is 975. The van der Waals surface area contributed by atoms with Gasteiger partial charge in [0, 0.05) is 43.0 Å². The van der Waals surface area contributed by atoms with Crippen molar-refractivity contribution < 1.29 is 9.53 Å². The van der Waals surface area contributed by atoms with Gasteiger partial charge in [-0.05, 0) is 49.7 Å². The van der Waals surface area contributed by atoms with Crippen LogP contribution in [-0.2, 0) is 9.53 Å². The maximum absolute atomic E-state index is 12.5. The van der Waals surface area contributed by atoms with E-state index in [0.717, 1.165) is 67.0 Å². The summed E-state index contributed by atoms with van der Waals surface area (Å²) in [5.41, 5.74) is 3.76. The number of rotatable bonds is 8. The van der Waals surface area contributed by atoms with Gasteiger partial charge in [0.25, 0.3) is 0 Å². The molecule has 1 amide bonds. The van der Waals surface area contributed by atoms with Gasteiger partial charge in [-0.2, -0.15) is 0 Å². The van der Waals surface area contributed by atoms with Crippen LogP contribution in [0.4, 0.5) is 22.2 Å². The maximum Gasteiger partial charge on any atom is 0.224 e. The Balaban J connectivity index is 1.46. The number of hydrogen-bond acceptors (Lipinski definition) is 7. The Kier molecular flexibility index (Phi) is 7.24. The van der Waals surface area contributed by atoms with Crippen molar-refractivity contribution in [1.29, 1.82) is 0 Å². The second-order valence-electron chi connectivity index (χ2n) is 7.47. The molecule has 0 spiro atoms. The van der Waals surface area contributed by atoms with Gasteiger partial charge >= 0.3 is 0 Å². The molecule has 1 saturated heterocycles. The van der Waals surface area contributed by atoms with Crippen LogP contribution in [0.15, 0.2) is 54.3 Å². The SMILES string of the molecule is Cc1ccc(NC(=O)CCCN2CCOCC2)cc1N(c1cccnc1)c1nccs1. The van der Waals surface area contributed by atoms with Gasteiger partial charge < -0.3 is 10.1 Å². The van der Waals surface area contributed by atoms with Crippen molar-refractivity contribution in [1.82, 2.24) is 14.9 Å². The van der Waals surface area contributed by atoms with Crippen molar-refractivity contribution in [3.8, 4) is 0 Å². The fourth-order valence-corrected chi connectivity index (χ4v) is 4.28. The first-order valence-electron chi connectivity index (χ1n) is 10.5. The monoisotopic (exact) mass is 437 g/mol. The van der Waals surface area contributed by atoms with Crippen molar-refractivity contribution in [2.45, 2.75) is 19.8 Å². The number of morpholine rings is 1. The minimum absolute atomic E-state index is 0.0326. The summed E-state index contributed by atoms with van der Waals surface area (Å²) in [5, 5.41) is 5.86. The van der Waals surface area contributed by atoms with E-state index < -0.39 is 0 Å². The normalized spacial score (nSPS) is 14.4. The quantitative estimate of drug-likeness (QED) is 0.564. The van der Waals surface area contributed by atoms with E-state index in [4.69, 9.17) is 4.74 Å². The van der Waals surface area contributed by atoms with Crippen molar-refractivity contribution in [2.75, 3.05) is 43.1 Å². The number of pyridine rings is 1. The highest BCUT2D eigenvalue weighted by Gasteiger charge is 2.18. The Hall–Kier alpha value is -2.81. The lowest BCUT2D eigenvalue weighted by Gasteiger charge is -2.26. The number of carbonyl (C=O) groups is 1. The third-order valence-electron chi connectivity index (χ3n) is 5.23. The molecule has 7 nitrogen and oxygen atoms in total. The van der Waals surface area contributed by atoms with E-state index in [1.807, 2.05) is 41.9 Å². The standard InChI is InChI=1S/C23H27N5O2S/c1-18-6-7-19(26-22(29)5-3-10-27-11-13-30-14-12-27)16-21(18)28(23-25-9-15-31-23)20-4-2-8-24-17-20/h2,4,6-9,15-17H,3,5,10-14H2,1H3,(H,26,29). The number of hydrogen-bond donors (Lipinski definition) is 1. The lowest BCUT2D eigenvalue weighted by Crippen LogP contribution is -2.37. The lowest BCUT2D eigenvalue weighted by atomic mass is 10.1. The average Bonchev–Trinajstić information content (AvgIpc) is 3.32. The van der Waals surface area contributed by atoms with Crippen molar-refractivity contribution >= 4 is 39.4 Å². The molecule has 1 aromatic carbocycles. The van der Waals surface area contributed by atoms with E-state index in [-0.39, 0.29) is 5.91 Å². The molecule has 0 saturated carbocycles. The van der Waals surface area contributed by atoms with Gasteiger partial charge in [0.2, 0.25) is 5.91 Å². The number of nitrogens with one attached hydrogen (secondary N) is 1. The highest BCUT2D eigenvalue weighted by Crippen LogP contribution is 2.38. The van der Waals surface area contributed by atoms with E-state index >= 15 is 0 Å². The van der Waals surface area contributed by atoms with Gasteiger partial charge in [0.05, 0.1) is 30.8 Å². The predicted molar refractivity (Wildman–Crippen MR) is 124 cm³/mol. The van der Waals surface area contributed by atoms with Gasteiger partial charge in [0.15, 0.2) is 5.13 Å². The summed E-state index contributed by atoms with van der Waals surface area (Å²) in [5.74, 6) is 0.0326. The third kappa shape index (κ3) is 5.66. The van der Waals surface area contributed by atoms with E-state index in [2.05, 4.69) is 32.0 Å². The summed E-state index contributed by atoms with van der Waals surface area (Å²) in [6, 6.07) is 9.89. The molecule has 0 aliphatic carbocycles. The molecule has 1 N–H and O–H groups in total. The van der Waals surface area contributed by atoms with Crippen LogP contribution in [0.5, 0.6) is 0 Å². The lowest BCUT2D eigenvalue weighted by molar-refractivity contribution is -0.116. The molecular weight excluding hydrogens is 410 g/mol. The highest BCUT2D eigenvalue weighted by atomic mass is 32.1. The van der Waals surface area contributed by atoms with E-state index in [1.54, 1.807) is 23.7 Å². The third-order valence-corrected chi connectivity index (χ3v) is 5.99. The molecule has 3 aromatic rings. The maximum atomic E-state index is 12.5. The van der Waals surface area contributed by atoms with Crippen LogP contribution in [0.3, 0.4) is 0 Å². The zero-order chi connectivity index (χ0) is 21.5. The second kappa shape index (κ2) is 10.5. The summed E-state index contributed by atoms with van der Waals surface area (Å²) in [7, 11) is 0. The summed E-state index contributed by atoms with van der Waals surface area (Å²) in [6.07, 6.45) is 6.70. The Labute approximate surface area is 186 Å². The molecule has 2 aromatic heterocycles. The van der Waals surface area contributed by atoms with Crippen molar-refractivity contribution in [3.63, 3.8) is 0 Å². The zero-order valence-corrected chi connectivity index (χ0v) is 18.5. The molecule has 0 unspecified atom stereocenters. The molecule has 8 heteroatoms. The van der Waals surface area contributed by atoms with Crippen LogP contribution >= 0.6 is 11.3 Å². The van der Waals surface area contributed by atoms with E-state index in [9.17, 15) is 4.79 Å². The molecule has 3 heterocycles. The molecule has 31 heavy (non-hydrogen) atoms. The first kappa shape index (κ1) is 21.4. The molecule has 4 rings (SSSR count). The molecule has 1 fully saturated rings. The zero-order valence-electron chi connectivity index (χ0n) is 17.7. The average molecular weight is 438 g/mol. The minimum Gasteiger partial charge on any atom is -0.379 e. The van der Waals surface area contributed by atoms with E-state index in [1.165, 1.54) is 0 Å². The number of benzene rings is 1. The number of thiazole rings is 1. The van der Waals surface area contributed by atoms with Gasteiger partial charge in [0.1, 0.15) is 0 Å². The number of aromatic nitrogens is 2. The topological polar surface area (TPSA) is 70.6 Å². The molecule has 1 aliphatic heterocycles. The molecule has 162 valence electrons. The van der Waals surface area contributed by atoms with Gasteiger partial charge in [-0.15, -0.1) is 11.3 Å². The highest BCUT2D eigenvalue weighted by molar-refractivity contribution is 7.13. The van der Waals surface area contributed by atoms with Crippen LogP contribution in [0.2, 0.25) is 0 Å². The van der Waals surface area contributed by atoms with Crippen LogP contribution in [0.1, 0.15) is 18.4 Å². The Morgan fingerprint density at radius 3 is 2.87 bits per heavy atom. The van der Waals surface area contributed by atoms with Crippen LogP contribution in [0.25, 0.3) is 0 Å². The summed E-state index contributed by atoms with van der Waals surface area (Å²) in [4.78, 5) is 25.7. The van der Waals surface area contributed by atoms with Crippen LogP contribution in [-0.4, -0.2) is 53.6 Å². The predicted octanol–water partition coefficient (Wildman–Crippen LogP) is 4.37. The molecular formula is C23H27N5O2S. The number of ether oxygens (including phenoxy) is 1. The van der Waals surface area contributed by atoms with Gasteiger partial charge in [-0.25, -0.2) is 4.98 Å². The largest absolute Gasteiger partial charge is 0.379 e. The van der Waals surface area contributed by atoms with Gasteiger partial charge in [-0.3, -0.25) is 19.6 Å². The second-order valence-corrected chi connectivity index (χ2v) is 8.34. The van der Waals surface area contributed by atoms with Gasteiger partial charge in [-0.1, -0.05) is 6.07 Å². The molecule has 1 aliphatic rings. The van der Waals surface area contributed by atoms with Crippen molar-refractivity contribution in [2.24, 2.45) is 0 Å². The minimum atomic E-state index is 0.0326. The Morgan fingerprint density at radius 1 is 1.26 bits per heavy atom. The summed E-state index contributed by atoms with van der Waals surface area (Å²) >= 11 is 1.56. The van der Waals surface area contributed by atoms with Crippen LogP contribution < -0.4 is 10.2 Å². The smallest absolute Gasteiger partial charge is 0.224 e. The van der Waals surface area contributed by atoms with Crippen molar-refractivity contribution in [3.05, 3.63) is 59.9 Å². The molecule has 0 radical (unpaired) electrons. The number of anilines is 4. The number of amides is 1. The number of carbonyl (C=O) groups excluding carboxylic acids is 1. The number of aryl methyl sites for hydroxylation is 1. The van der Waals surface area contributed by atoms with Crippen LogP contribution in [0, 0.1) is 6.92 Å². The Morgan fingerprint density at radius 2 is 2.13 bits per heavy atom. The molecule has 0 atom stereocenters. The summed E-state index contributed by atoms with van der Waals surface area (Å²) in [6.45, 7) is 6.44. The van der Waals surface area contributed by atoms with E-state index in [0.29, 0.717) is 6.42 Å². The molecule has 0 bridgehead atoms. The first-order chi connectivity index (χ1) is 15.2. The first-order valence-corrected chi connectivity index (χ1v) is 11.4. The fourth-order valence-electron chi connectivity index (χ4n) is 3.60.